The number of benzene rings is 4. The van der Waals surface area contributed by atoms with Gasteiger partial charge in [-0.2, -0.15) is 5.43 Å². The van der Waals surface area contributed by atoms with E-state index >= 15 is 0 Å². The number of aromatic amines is 1. The number of para-hydroxylation sites is 1. The van der Waals surface area contributed by atoms with Gasteiger partial charge in [-0.15, -0.1) is 0 Å². The number of H-pyrrole nitrogens is 1. The van der Waals surface area contributed by atoms with Gasteiger partial charge in [-0.25, -0.2) is 9.78 Å². The summed E-state index contributed by atoms with van der Waals surface area (Å²) in [6.07, 6.45) is 0.0734. The average molecular weight is 530 g/mol. The normalized spacial score (nSPS) is 13.4. The molecule has 2 N–H and O–H groups in total. The first-order chi connectivity index (χ1) is 19.4. The van der Waals surface area contributed by atoms with E-state index in [0.717, 1.165) is 20.7 Å². The minimum absolute atomic E-state index is 0.0734. The molecular weight excluding hydrogens is 504 g/mol. The Hall–Kier alpha value is -5.37. The summed E-state index contributed by atoms with van der Waals surface area (Å²) in [7, 11) is 0. The largest absolute Gasteiger partial charge is 0.369 e. The van der Waals surface area contributed by atoms with E-state index in [9.17, 15) is 19.2 Å². The minimum atomic E-state index is -1.21. The van der Waals surface area contributed by atoms with Gasteiger partial charge in [0.1, 0.15) is 16.9 Å². The second kappa shape index (κ2) is 10.1. The van der Waals surface area contributed by atoms with Gasteiger partial charge in [0, 0.05) is 6.42 Å². The maximum atomic E-state index is 14.1. The number of nitrogens with zero attached hydrogens (tertiary/aromatic N) is 2. The van der Waals surface area contributed by atoms with E-state index in [1.807, 2.05) is 67.6 Å². The van der Waals surface area contributed by atoms with Crippen molar-refractivity contribution in [2.75, 3.05) is 5.43 Å². The van der Waals surface area contributed by atoms with Gasteiger partial charge in [-0.1, -0.05) is 77.0 Å². The van der Waals surface area contributed by atoms with Gasteiger partial charge in [-0.05, 0) is 48.9 Å². The van der Waals surface area contributed by atoms with Crippen LogP contribution in [0.5, 0.6) is 0 Å². The maximum absolute atomic E-state index is 14.1. The van der Waals surface area contributed by atoms with Crippen LogP contribution in [0, 0.1) is 6.92 Å². The lowest BCUT2D eigenvalue weighted by Gasteiger charge is -2.25. The standard InChI is InChI=1S/C32H24N4O4/c1-20-10-9-13-22(18-20)28-33-26-17-8-7-16-25(26)32(40)36(28)34-29(37)27(19-21-11-3-2-4-12-21)35-30(38)23-14-5-6-15-24(23)31(35)39/h2-18,27H,19H2,1H3,(H,34,37)/p+1. The molecule has 4 aromatic carbocycles. The van der Waals surface area contributed by atoms with Crippen LogP contribution in [-0.2, 0) is 11.2 Å². The zero-order valence-electron chi connectivity index (χ0n) is 21.6. The molecule has 0 bridgehead atoms. The number of hydrogen-bond donors (Lipinski definition) is 1. The van der Waals surface area contributed by atoms with Crippen LogP contribution in [0.25, 0.3) is 22.3 Å². The summed E-state index contributed by atoms with van der Waals surface area (Å²) in [5, 5.41) is 0.375. The summed E-state index contributed by atoms with van der Waals surface area (Å²) in [6, 6.07) is 29.0. The van der Waals surface area contributed by atoms with Crippen molar-refractivity contribution in [2.45, 2.75) is 19.4 Å². The van der Waals surface area contributed by atoms with Crippen molar-refractivity contribution in [3.05, 3.63) is 136 Å². The van der Waals surface area contributed by atoms with E-state index in [2.05, 4.69) is 10.4 Å². The molecule has 6 rings (SSSR count). The molecule has 0 radical (unpaired) electrons. The second-order valence-corrected chi connectivity index (χ2v) is 9.74. The van der Waals surface area contributed by atoms with Crippen LogP contribution in [0.4, 0.5) is 0 Å². The molecule has 196 valence electrons. The van der Waals surface area contributed by atoms with Crippen LogP contribution >= 0.6 is 0 Å². The van der Waals surface area contributed by atoms with E-state index < -0.39 is 29.3 Å². The van der Waals surface area contributed by atoms with Gasteiger partial charge in [0.2, 0.25) is 0 Å². The van der Waals surface area contributed by atoms with Crippen molar-refractivity contribution in [1.29, 1.82) is 0 Å². The molecule has 0 aliphatic carbocycles. The molecule has 1 aromatic heterocycles. The number of carbonyl (C=O) groups excluding carboxylic acids is 3. The number of rotatable bonds is 6. The van der Waals surface area contributed by atoms with E-state index in [-0.39, 0.29) is 17.5 Å². The first-order valence-corrected chi connectivity index (χ1v) is 12.9. The first-order valence-electron chi connectivity index (χ1n) is 12.9. The fourth-order valence-electron chi connectivity index (χ4n) is 5.10. The molecule has 1 unspecified atom stereocenters. The van der Waals surface area contributed by atoms with Gasteiger partial charge >= 0.3 is 11.4 Å². The van der Waals surface area contributed by atoms with Crippen LogP contribution in [0.2, 0.25) is 0 Å². The molecule has 0 saturated heterocycles. The van der Waals surface area contributed by atoms with Gasteiger partial charge < -0.3 is 0 Å². The smallest absolute Gasteiger partial charge is 0.269 e. The van der Waals surface area contributed by atoms with Crippen LogP contribution < -0.4 is 16.0 Å². The van der Waals surface area contributed by atoms with E-state index in [0.29, 0.717) is 22.3 Å². The molecule has 0 spiro atoms. The third-order valence-electron chi connectivity index (χ3n) is 7.06. The summed E-state index contributed by atoms with van der Waals surface area (Å²) >= 11 is 0. The number of aryl methyl sites for hydroxylation is 1. The molecule has 8 heteroatoms. The Balaban J connectivity index is 1.46. The van der Waals surface area contributed by atoms with Crippen molar-refractivity contribution < 1.29 is 19.4 Å². The number of hydrogen-bond acceptors (Lipinski definition) is 4. The van der Waals surface area contributed by atoms with Crippen LogP contribution in [0.3, 0.4) is 0 Å². The van der Waals surface area contributed by atoms with Crippen molar-refractivity contribution >= 4 is 28.6 Å². The number of fused-ring (bicyclic) bond motifs is 2. The summed E-state index contributed by atoms with van der Waals surface area (Å²) in [4.78, 5) is 58.9. The molecule has 0 fully saturated rings. The Labute approximate surface area is 229 Å². The lowest BCUT2D eigenvalue weighted by molar-refractivity contribution is -0.337. The molecule has 3 amide bonds. The SMILES string of the molecule is Cc1cccc(-c2[nH+]c3ccccc3c(=O)n2NC(=O)C(Cc2ccccc2)N2C(=O)c3ccccc3C2=O)c1. The van der Waals surface area contributed by atoms with Crippen LogP contribution in [0.15, 0.2) is 108 Å². The van der Waals surface area contributed by atoms with Crippen molar-refractivity contribution in [2.24, 2.45) is 0 Å². The zero-order valence-corrected chi connectivity index (χ0v) is 21.6. The zero-order chi connectivity index (χ0) is 27.8. The Morgan fingerprint density at radius 2 is 1.45 bits per heavy atom. The van der Waals surface area contributed by atoms with Crippen LogP contribution in [-0.4, -0.2) is 33.3 Å². The molecule has 1 aliphatic heterocycles. The molecule has 40 heavy (non-hydrogen) atoms. The Morgan fingerprint density at radius 1 is 0.800 bits per heavy atom. The van der Waals surface area contributed by atoms with E-state index in [1.54, 1.807) is 42.5 Å². The quantitative estimate of drug-likeness (QED) is 0.338. The molecule has 2 heterocycles. The van der Waals surface area contributed by atoms with Crippen LogP contribution in [0.1, 0.15) is 31.8 Å². The highest BCUT2D eigenvalue weighted by atomic mass is 16.2. The summed E-state index contributed by atoms with van der Waals surface area (Å²) in [5.41, 5.74) is 5.81. The molecule has 1 atom stereocenters. The number of nitrogens with one attached hydrogen (secondary N) is 2. The lowest BCUT2D eigenvalue weighted by Crippen LogP contribution is -2.52. The van der Waals surface area contributed by atoms with E-state index in [1.165, 1.54) is 0 Å². The van der Waals surface area contributed by atoms with E-state index in [4.69, 9.17) is 0 Å². The van der Waals surface area contributed by atoms with Gasteiger partial charge in [0.15, 0.2) is 0 Å². The lowest BCUT2D eigenvalue weighted by atomic mass is 10.0. The summed E-state index contributed by atoms with van der Waals surface area (Å²) < 4.78 is 1.16. The van der Waals surface area contributed by atoms with Crippen molar-refractivity contribution in [3.8, 4) is 11.4 Å². The maximum Gasteiger partial charge on any atom is 0.369 e. The summed E-state index contributed by atoms with van der Waals surface area (Å²) in [6.45, 7) is 1.93. The topological polar surface area (TPSA) is 103 Å². The Kier molecular flexibility index (Phi) is 6.28. The van der Waals surface area contributed by atoms with Gasteiger partial charge in [0.05, 0.1) is 16.7 Å². The molecule has 1 aliphatic rings. The van der Waals surface area contributed by atoms with Gasteiger partial charge in [-0.3, -0.25) is 19.3 Å². The summed E-state index contributed by atoms with van der Waals surface area (Å²) in [5.74, 6) is -1.40. The third-order valence-corrected chi connectivity index (χ3v) is 7.06. The van der Waals surface area contributed by atoms with Gasteiger partial charge in [0.25, 0.3) is 17.7 Å². The fourth-order valence-corrected chi connectivity index (χ4v) is 5.10. The monoisotopic (exact) mass is 529 g/mol. The predicted octanol–water partition coefficient (Wildman–Crippen LogP) is 3.77. The number of carbonyl (C=O) groups is 3. The third kappa shape index (κ3) is 4.35. The van der Waals surface area contributed by atoms with Crippen molar-refractivity contribution in [1.82, 2.24) is 9.58 Å². The number of aromatic nitrogens is 2. The highest BCUT2D eigenvalue weighted by Gasteiger charge is 2.43. The fraction of sp³-hybridized carbons (Fsp3) is 0.0938. The number of imide groups is 1. The predicted molar refractivity (Wildman–Crippen MR) is 150 cm³/mol. The Bertz CT molecular complexity index is 1830. The van der Waals surface area contributed by atoms with Crippen molar-refractivity contribution in [3.63, 3.8) is 0 Å². The molecular formula is C32H25N4O4+. The molecule has 0 saturated carbocycles. The highest BCUT2D eigenvalue weighted by Crippen LogP contribution is 2.26. The number of amides is 3. The Morgan fingerprint density at radius 3 is 2.15 bits per heavy atom. The first kappa shape index (κ1) is 24.9. The molecule has 5 aromatic rings. The second-order valence-electron chi connectivity index (χ2n) is 9.74. The average Bonchev–Trinajstić information content (AvgIpc) is 3.23. The minimum Gasteiger partial charge on any atom is -0.269 e. The highest BCUT2D eigenvalue weighted by molar-refractivity contribution is 6.23. The molecule has 8 nitrogen and oxygen atoms in total.